The molecule has 17 heavy (non-hydrogen) atoms. The molecule has 1 aliphatic heterocycles. The summed E-state index contributed by atoms with van der Waals surface area (Å²) >= 11 is 0. The number of likely N-dealkylation sites (tertiary alicyclic amines) is 1. The highest BCUT2D eigenvalue weighted by Gasteiger charge is 2.16. The number of aliphatic carboxylic acids is 1. The normalized spacial score (nSPS) is 18.2. The monoisotopic (exact) mass is 235 g/mol. The first-order chi connectivity index (χ1) is 8.16. The van der Waals surface area contributed by atoms with Crippen LogP contribution in [0.15, 0.2) is 24.3 Å². The molecule has 1 aromatic rings. The van der Waals surface area contributed by atoms with Crippen molar-refractivity contribution in [2.75, 3.05) is 13.1 Å². The number of hydrogen-bond donors (Lipinski definition) is 2. The molecule has 1 unspecified atom stereocenters. The highest BCUT2D eigenvalue weighted by molar-refractivity contribution is 5.73. The zero-order chi connectivity index (χ0) is 12.3. The van der Waals surface area contributed by atoms with E-state index in [1.54, 1.807) is 12.1 Å². The Labute approximate surface area is 100 Å². The molecule has 0 aromatic heterocycles. The minimum atomic E-state index is -1.42. The lowest BCUT2D eigenvalue weighted by Crippen LogP contribution is -2.18. The maximum atomic E-state index is 10.6. The Morgan fingerprint density at radius 2 is 1.82 bits per heavy atom. The smallest absolute Gasteiger partial charge is 0.337 e. The quantitative estimate of drug-likeness (QED) is 0.828. The van der Waals surface area contributed by atoms with Crippen LogP contribution in [-0.2, 0) is 11.3 Å². The molecular formula is C13H17NO3. The van der Waals surface area contributed by atoms with Crippen LogP contribution in [0.5, 0.6) is 0 Å². The number of nitrogens with zero attached hydrogens (tertiary/aromatic N) is 1. The van der Waals surface area contributed by atoms with Gasteiger partial charge in [-0.3, -0.25) is 4.90 Å². The molecule has 0 aliphatic carbocycles. The fourth-order valence-electron chi connectivity index (χ4n) is 2.15. The van der Waals surface area contributed by atoms with Gasteiger partial charge in [0.15, 0.2) is 6.10 Å². The zero-order valence-corrected chi connectivity index (χ0v) is 9.67. The lowest BCUT2D eigenvalue weighted by Gasteiger charge is -2.15. The summed E-state index contributed by atoms with van der Waals surface area (Å²) < 4.78 is 0. The van der Waals surface area contributed by atoms with Gasteiger partial charge in [-0.1, -0.05) is 24.3 Å². The molecule has 0 radical (unpaired) electrons. The van der Waals surface area contributed by atoms with Gasteiger partial charge in [0.1, 0.15) is 0 Å². The van der Waals surface area contributed by atoms with E-state index >= 15 is 0 Å². The van der Waals surface area contributed by atoms with Crippen molar-refractivity contribution < 1.29 is 15.0 Å². The van der Waals surface area contributed by atoms with Gasteiger partial charge in [0.05, 0.1) is 0 Å². The number of aliphatic hydroxyl groups excluding tert-OH is 1. The summed E-state index contributed by atoms with van der Waals surface area (Å²) in [5.74, 6) is -1.21. The van der Waals surface area contributed by atoms with Gasteiger partial charge in [-0.25, -0.2) is 4.79 Å². The molecule has 2 rings (SSSR count). The highest BCUT2D eigenvalue weighted by Crippen LogP contribution is 2.16. The number of aliphatic hydroxyl groups is 1. The predicted octanol–water partition coefficient (Wildman–Crippen LogP) is 1.40. The zero-order valence-electron chi connectivity index (χ0n) is 9.67. The maximum absolute atomic E-state index is 10.6. The molecule has 0 saturated carbocycles. The Bertz CT molecular complexity index is 382. The van der Waals surface area contributed by atoms with Crippen LogP contribution in [0.3, 0.4) is 0 Å². The third kappa shape index (κ3) is 3.05. The number of carboxylic acid groups (broad SMARTS) is 1. The van der Waals surface area contributed by atoms with E-state index < -0.39 is 12.1 Å². The fourth-order valence-corrected chi connectivity index (χ4v) is 2.15. The van der Waals surface area contributed by atoms with Gasteiger partial charge < -0.3 is 10.2 Å². The van der Waals surface area contributed by atoms with Gasteiger partial charge in [-0.05, 0) is 37.1 Å². The Hall–Kier alpha value is -1.39. The molecule has 4 nitrogen and oxygen atoms in total. The molecule has 0 bridgehead atoms. The molecule has 1 saturated heterocycles. The summed E-state index contributed by atoms with van der Waals surface area (Å²) in [5, 5.41) is 18.0. The van der Waals surface area contributed by atoms with Gasteiger partial charge in [-0.2, -0.15) is 0 Å². The third-order valence-electron chi connectivity index (χ3n) is 3.13. The lowest BCUT2D eigenvalue weighted by atomic mass is 10.1. The van der Waals surface area contributed by atoms with Gasteiger partial charge in [0.2, 0.25) is 0 Å². The number of carbonyl (C=O) groups is 1. The summed E-state index contributed by atoms with van der Waals surface area (Å²) in [6.07, 6.45) is 1.10. The lowest BCUT2D eigenvalue weighted by molar-refractivity contribution is -0.146. The van der Waals surface area contributed by atoms with Gasteiger partial charge in [0.25, 0.3) is 0 Å². The van der Waals surface area contributed by atoms with E-state index in [4.69, 9.17) is 5.11 Å². The predicted molar refractivity (Wildman–Crippen MR) is 63.5 cm³/mol. The topological polar surface area (TPSA) is 60.8 Å². The Morgan fingerprint density at radius 1 is 1.24 bits per heavy atom. The number of carboxylic acids is 1. The molecule has 4 heteroatoms. The Kier molecular flexibility index (Phi) is 3.76. The van der Waals surface area contributed by atoms with Crippen molar-refractivity contribution in [3.63, 3.8) is 0 Å². The van der Waals surface area contributed by atoms with Crippen molar-refractivity contribution in [2.45, 2.75) is 25.5 Å². The van der Waals surface area contributed by atoms with Crippen LogP contribution >= 0.6 is 0 Å². The highest BCUT2D eigenvalue weighted by atomic mass is 16.4. The van der Waals surface area contributed by atoms with Crippen LogP contribution < -0.4 is 0 Å². The molecule has 0 spiro atoms. The molecule has 1 aliphatic rings. The molecule has 1 heterocycles. The molecule has 92 valence electrons. The summed E-state index contributed by atoms with van der Waals surface area (Å²) in [5.41, 5.74) is 1.59. The largest absolute Gasteiger partial charge is 0.479 e. The van der Waals surface area contributed by atoms with Crippen LogP contribution in [0.1, 0.15) is 30.1 Å². The van der Waals surface area contributed by atoms with E-state index in [0.29, 0.717) is 5.56 Å². The second-order valence-corrected chi connectivity index (χ2v) is 4.47. The van der Waals surface area contributed by atoms with Gasteiger partial charge >= 0.3 is 5.97 Å². The SMILES string of the molecule is O=C(O)C(O)c1ccc(CN2CCCC2)cc1. The first-order valence-corrected chi connectivity index (χ1v) is 5.89. The van der Waals surface area contributed by atoms with Crippen molar-refractivity contribution in [1.82, 2.24) is 4.90 Å². The van der Waals surface area contributed by atoms with Crippen LogP contribution in [0.25, 0.3) is 0 Å². The molecule has 0 amide bonds. The second kappa shape index (κ2) is 5.29. The number of rotatable bonds is 4. The second-order valence-electron chi connectivity index (χ2n) is 4.47. The minimum Gasteiger partial charge on any atom is -0.479 e. The molecule has 2 N–H and O–H groups in total. The van der Waals surface area contributed by atoms with E-state index in [1.807, 2.05) is 12.1 Å². The van der Waals surface area contributed by atoms with Gasteiger partial charge in [0, 0.05) is 6.54 Å². The van der Waals surface area contributed by atoms with Crippen molar-refractivity contribution in [2.24, 2.45) is 0 Å². The molecular weight excluding hydrogens is 218 g/mol. The van der Waals surface area contributed by atoms with E-state index in [-0.39, 0.29) is 0 Å². The standard InChI is InChI=1S/C13H17NO3/c15-12(13(16)17)11-5-3-10(4-6-11)9-14-7-1-2-8-14/h3-6,12,15H,1-2,7-9H2,(H,16,17). The number of benzene rings is 1. The average Bonchev–Trinajstić information content (AvgIpc) is 2.82. The van der Waals surface area contributed by atoms with E-state index in [9.17, 15) is 9.90 Å². The van der Waals surface area contributed by atoms with Crippen molar-refractivity contribution in [3.8, 4) is 0 Å². The van der Waals surface area contributed by atoms with Crippen LogP contribution in [0.2, 0.25) is 0 Å². The van der Waals surface area contributed by atoms with Crippen LogP contribution in [0, 0.1) is 0 Å². The maximum Gasteiger partial charge on any atom is 0.337 e. The number of hydrogen-bond acceptors (Lipinski definition) is 3. The van der Waals surface area contributed by atoms with Crippen molar-refractivity contribution >= 4 is 5.97 Å². The molecule has 1 fully saturated rings. The fraction of sp³-hybridized carbons (Fsp3) is 0.462. The summed E-state index contributed by atoms with van der Waals surface area (Å²) in [7, 11) is 0. The molecule has 1 aromatic carbocycles. The van der Waals surface area contributed by atoms with E-state index in [2.05, 4.69) is 4.90 Å². The first-order valence-electron chi connectivity index (χ1n) is 5.89. The van der Waals surface area contributed by atoms with Crippen molar-refractivity contribution in [1.29, 1.82) is 0 Å². The minimum absolute atomic E-state index is 0.433. The third-order valence-corrected chi connectivity index (χ3v) is 3.13. The first kappa shape index (κ1) is 12.1. The summed E-state index contributed by atoms with van der Waals surface area (Å²) in [6.45, 7) is 3.18. The summed E-state index contributed by atoms with van der Waals surface area (Å²) in [6, 6.07) is 7.15. The average molecular weight is 235 g/mol. The van der Waals surface area contributed by atoms with E-state index in [1.165, 1.54) is 12.8 Å². The Balaban J connectivity index is 1.99. The van der Waals surface area contributed by atoms with Crippen molar-refractivity contribution in [3.05, 3.63) is 35.4 Å². The van der Waals surface area contributed by atoms with Crippen LogP contribution in [0.4, 0.5) is 0 Å². The van der Waals surface area contributed by atoms with Crippen LogP contribution in [-0.4, -0.2) is 34.2 Å². The van der Waals surface area contributed by atoms with E-state index in [0.717, 1.165) is 25.2 Å². The molecule has 1 atom stereocenters. The Morgan fingerprint density at radius 3 is 2.35 bits per heavy atom. The summed E-state index contributed by atoms with van der Waals surface area (Å²) in [4.78, 5) is 13.0. The van der Waals surface area contributed by atoms with Gasteiger partial charge in [-0.15, -0.1) is 0 Å².